The number of rotatable bonds is 3. The van der Waals surface area contributed by atoms with Gasteiger partial charge in [-0.15, -0.1) is 5.10 Å². The van der Waals surface area contributed by atoms with Gasteiger partial charge in [0.1, 0.15) is 6.29 Å². The maximum absolute atomic E-state index is 9.90. The molecule has 0 radical (unpaired) electrons. The maximum Gasteiger partial charge on any atom is 0.208 e. The van der Waals surface area contributed by atoms with Crippen LogP contribution in [0.5, 0.6) is 0 Å². The minimum absolute atomic E-state index is 0.0799. The van der Waals surface area contributed by atoms with Gasteiger partial charge in [-0.2, -0.15) is 0 Å². The standard InChI is InChI=1S/C4H10N4O/c1-3(2-9)7-8-4(5)6/h2-3,7H,1H3,(H4,5,6,8)/t3-/m0/s1. The van der Waals surface area contributed by atoms with Crippen molar-refractivity contribution in [2.45, 2.75) is 13.0 Å². The van der Waals surface area contributed by atoms with E-state index in [2.05, 4.69) is 10.5 Å². The molecular weight excluding hydrogens is 120 g/mol. The molecule has 0 heterocycles. The Morgan fingerprint density at radius 1 is 1.78 bits per heavy atom. The summed E-state index contributed by atoms with van der Waals surface area (Å²) in [7, 11) is 0. The van der Waals surface area contributed by atoms with Gasteiger partial charge in [-0.25, -0.2) is 0 Å². The molecule has 5 N–H and O–H groups in total. The molecule has 5 nitrogen and oxygen atoms in total. The molecule has 0 saturated carbocycles. The number of hydrogen-bond acceptors (Lipinski definition) is 3. The Hall–Kier alpha value is -1.26. The number of hydrogen-bond donors (Lipinski definition) is 3. The number of guanidine groups is 1. The molecule has 0 fully saturated rings. The van der Waals surface area contributed by atoms with E-state index in [-0.39, 0.29) is 12.0 Å². The van der Waals surface area contributed by atoms with E-state index in [0.717, 1.165) is 0 Å². The van der Waals surface area contributed by atoms with Gasteiger partial charge in [0.2, 0.25) is 5.96 Å². The van der Waals surface area contributed by atoms with Gasteiger partial charge in [0.05, 0.1) is 6.04 Å². The summed E-state index contributed by atoms with van der Waals surface area (Å²) in [4.78, 5) is 9.90. The van der Waals surface area contributed by atoms with Gasteiger partial charge < -0.3 is 16.3 Å². The first kappa shape index (κ1) is 7.74. The van der Waals surface area contributed by atoms with E-state index >= 15 is 0 Å². The molecule has 0 saturated heterocycles. The molecule has 0 aliphatic heterocycles. The molecular formula is C4H10N4O. The minimum Gasteiger partial charge on any atom is -0.369 e. The van der Waals surface area contributed by atoms with E-state index in [1.165, 1.54) is 0 Å². The number of hydrazone groups is 1. The van der Waals surface area contributed by atoms with Crippen molar-refractivity contribution in [1.82, 2.24) is 5.43 Å². The predicted molar refractivity (Wildman–Crippen MR) is 34.5 cm³/mol. The molecule has 0 spiro atoms. The van der Waals surface area contributed by atoms with Crippen molar-refractivity contribution >= 4 is 12.2 Å². The summed E-state index contributed by atoms with van der Waals surface area (Å²) in [6.45, 7) is 1.64. The zero-order valence-electron chi connectivity index (χ0n) is 5.16. The Bertz CT molecular complexity index is 118. The van der Waals surface area contributed by atoms with Crippen LogP contribution in [0.4, 0.5) is 0 Å². The van der Waals surface area contributed by atoms with Crippen LogP contribution in [0.25, 0.3) is 0 Å². The second-order valence-corrected chi connectivity index (χ2v) is 1.59. The molecule has 0 aromatic rings. The van der Waals surface area contributed by atoms with Crippen molar-refractivity contribution in [3.05, 3.63) is 0 Å². The van der Waals surface area contributed by atoms with E-state index in [0.29, 0.717) is 6.29 Å². The quantitative estimate of drug-likeness (QED) is 0.185. The molecule has 52 valence electrons. The van der Waals surface area contributed by atoms with Gasteiger partial charge in [0, 0.05) is 0 Å². The zero-order valence-corrected chi connectivity index (χ0v) is 5.16. The summed E-state index contributed by atoms with van der Waals surface area (Å²) in [5.41, 5.74) is 12.3. The van der Waals surface area contributed by atoms with Crippen molar-refractivity contribution in [1.29, 1.82) is 0 Å². The summed E-state index contributed by atoms with van der Waals surface area (Å²) >= 11 is 0. The third-order valence-electron chi connectivity index (χ3n) is 0.601. The van der Waals surface area contributed by atoms with Gasteiger partial charge >= 0.3 is 0 Å². The summed E-state index contributed by atoms with van der Waals surface area (Å²) in [5, 5.41) is 3.39. The Morgan fingerprint density at radius 3 is 2.67 bits per heavy atom. The first-order valence-electron chi connectivity index (χ1n) is 2.46. The van der Waals surface area contributed by atoms with Crippen LogP contribution >= 0.6 is 0 Å². The fourth-order valence-corrected chi connectivity index (χ4v) is 0.207. The Kier molecular flexibility index (Phi) is 3.19. The summed E-state index contributed by atoms with van der Waals surface area (Å²) in [6, 6.07) is -0.341. The Morgan fingerprint density at radius 2 is 2.33 bits per heavy atom. The Balaban J connectivity index is 3.49. The molecule has 0 rings (SSSR count). The average Bonchev–Trinajstić information content (AvgIpc) is 1.83. The van der Waals surface area contributed by atoms with Crippen LogP contribution in [0.15, 0.2) is 5.10 Å². The molecule has 1 atom stereocenters. The molecule has 0 aromatic carbocycles. The first-order chi connectivity index (χ1) is 4.16. The van der Waals surface area contributed by atoms with Gasteiger partial charge in [0.15, 0.2) is 0 Å². The number of nitrogens with two attached hydrogens (primary N) is 2. The lowest BCUT2D eigenvalue weighted by molar-refractivity contribution is -0.109. The van der Waals surface area contributed by atoms with Gasteiger partial charge in [-0.05, 0) is 6.92 Å². The fraction of sp³-hybridized carbons (Fsp3) is 0.500. The maximum atomic E-state index is 9.90. The molecule has 0 unspecified atom stereocenters. The highest BCUT2D eigenvalue weighted by molar-refractivity contribution is 5.75. The van der Waals surface area contributed by atoms with E-state index in [9.17, 15) is 4.79 Å². The molecule has 0 bridgehead atoms. The third-order valence-corrected chi connectivity index (χ3v) is 0.601. The SMILES string of the molecule is C[C@@H](C=O)NN=C(N)N. The smallest absolute Gasteiger partial charge is 0.208 e. The van der Waals surface area contributed by atoms with Crippen LogP contribution in [0.3, 0.4) is 0 Å². The van der Waals surface area contributed by atoms with Crippen LogP contribution in [-0.2, 0) is 4.79 Å². The summed E-state index contributed by atoms with van der Waals surface area (Å²) in [6.07, 6.45) is 0.701. The zero-order chi connectivity index (χ0) is 7.28. The van der Waals surface area contributed by atoms with Crippen LogP contribution in [0.1, 0.15) is 6.92 Å². The van der Waals surface area contributed by atoms with Crippen molar-refractivity contribution in [3.63, 3.8) is 0 Å². The van der Waals surface area contributed by atoms with E-state index in [1.807, 2.05) is 0 Å². The number of carbonyl (C=O) groups excluding carboxylic acids is 1. The molecule has 5 heteroatoms. The van der Waals surface area contributed by atoms with Crippen molar-refractivity contribution in [2.24, 2.45) is 16.6 Å². The van der Waals surface area contributed by atoms with Crippen LogP contribution in [-0.4, -0.2) is 18.3 Å². The molecule has 0 aromatic heterocycles. The second kappa shape index (κ2) is 3.71. The largest absolute Gasteiger partial charge is 0.369 e. The highest BCUT2D eigenvalue weighted by Crippen LogP contribution is 1.70. The van der Waals surface area contributed by atoms with E-state index < -0.39 is 0 Å². The highest BCUT2D eigenvalue weighted by Gasteiger charge is 1.92. The lowest BCUT2D eigenvalue weighted by atomic mass is 10.4. The highest BCUT2D eigenvalue weighted by atomic mass is 16.1. The van der Waals surface area contributed by atoms with E-state index in [4.69, 9.17) is 11.5 Å². The molecule has 9 heavy (non-hydrogen) atoms. The van der Waals surface area contributed by atoms with Crippen LogP contribution in [0, 0.1) is 0 Å². The monoisotopic (exact) mass is 130 g/mol. The fourth-order valence-electron chi connectivity index (χ4n) is 0.207. The lowest BCUT2D eigenvalue weighted by Gasteiger charge is -2.00. The van der Waals surface area contributed by atoms with Gasteiger partial charge in [0.25, 0.3) is 0 Å². The second-order valence-electron chi connectivity index (χ2n) is 1.59. The van der Waals surface area contributed by atoms with Gasteiger partial charge in [-0.1, -0.05) is 0 Å². The van der Waals surface area contributed by atoms with Crippen molar-refractivity contribution in [3.8, 4) is 0 Å². The summed E-state index contributed by atoms with van der Waals surface area (Å²) < 4.78 is 0. The Labute approximate surface area is 53.1 Å². The van der Waals surface area contributed by atoms with Gasteiger partial charge in [-0.3, -0.25) is 5.43 Å². The summed E-state index contributed by atoms with van der Waals surface area (Å²) in [5.74, 6) is -0.0799. The molecule has 0 aliphatic carbocycles. The average molecular weight is 130 g/mol. The third kappa shape index (κ3) is 4.60. The van der Waals surface area contributed by atoms with Crippen molar-refractivity contribution < 1.29 is 4.79 Å². The predicted octanol–water partition coefficient (Wildman–Crippen LogP) is -1.65. The normalized spacial score (nSPS) is 11.7. The lowest BCUT2D eigenvalue weighted by Crippen LogP contribution is -2.30. The minimum atomic E-state index is -0.341. The number of aldehydes is 1. The number of nitrogens with one attached hydrogen (secondary N) is 1. The van der Waals surface area contributed by atoms with Crippen molar-refractivity contribution in [2.75, 3.05) is 0 Å². The first-order valence-corrected chi connectivity index (χ1v) is 2.46. The van der Waals surface area contributed by atoms with Crippen LogP contribution in [0.2, 0.25) is 0 Å². The molecule has 0 aliphatic rings. The molecule has 0 amide bonds. The number of carbonyl (C=O) groups is 1. The topological polar surface area (TPSA) is 93.5 Å². The van der Waals surface area contributed by atoms with E-state index in [1.54, 1.807) is 6.92 Å². The number of nitrogens with zero attached hydrogens (tertiary/aromatic N) is 1. The van der Waals surface area contributed by atoms with Crippen LogP contribution < -0.4 is 16.9 Å².